The highest BCUT2D eigenvalue weighted by Gasteiger charge is 2.13. The molecule has 1 fully saturated rings. The van der Waals surface area contributed by atoms with Gasteiger partial charge in [-0.25, -0.2) is 9.97 Å². The van der Waals surface area contributed by atoms with Crippen molar-refractivity contribution in [1.82, 2.24) is 20.2 Å². The summed E-state index contributed by atoms with van der Waals surface area (Å²) in [6.45, 7) is 5.74. The minimum atomic E-state index is 0. The molecule has 0 saturated carbocycles. The van der Waals surface area contributed by atoms with Crippen LogP contribution in [-0.4, -0.2) is 48.0 Å². The average Bonchev–Trinajstić information content (AvgIpc) is 3.08. The van der Waals surface area contributed by atoms with E-state index in [1.165, 1.54) is 24.8 Å². The fourth-order valence-electron chi connectivity index (χ4n) is 3.23. The van der Waals surface area contributed by atoms with Gasteiger partial charge in [0, 0.05) is 45.3 Å². The van der Waals surface area contributed by atoms with E-state index in [4.69, 9.17) is 0 Å². The van der Waals surface area contributed by atoms with Crippen molar-refractivity contribution in [3.05, 3.63) is 40.0 Å². The van der Waals surface area contributed by atoms with Gasteiger partial charge < -0.3 is 15.1 Å². The number of nitrogens with zero attached hydrogens (tertiary/aromatic N) is 5. The lowest BCUT2D eigenvalue weighted by Gasteiger charge is -2.28. The Hall–Kier alpha value is -1.42. The van der Waals surface area contributed by atoms with E-state index in [2.05, 4.69) is 47.6 Å². The molecule has 1 aliphatic heterocycles. The van der Waals surface area contributed by atoms with Gasteiger partial charge in [0.05, 0.1) is 17.2 Å². The van der Waals surface area contributed by atoms with Crippen LogP contribution in [0, 0.1) is 6.92 Å². The SMILES string of the molecule is CN=C(NCc1ccnc(N2CCCCC2)c1)N(C)Cc1csc(C)n1.I. The summed E-state index contributed by atoms with van der Waals surface area (Å²) in [4.78, 5) is 18.0. The fourth-order valence-corrected chi connectivity index (χ4v) is 3.83. The number of aliphatic imine (C=N–C) groups is 1. The number of aryl methyl sites for hydroxylation is 1. The first kappa shape index (κ1) is 21.9. The first-order valence-corrected chi connectivity index (χ1v) is 10.1. The molecule has 8 heteroatoms. The van der Waals surface area contributed by atoms with Crippen molar-refractivity contribution >= 4 is 47.1 Å². The third kappa shape index (κ3) is 6.31. The third-order valence-electron chi connectivity index (χ3n) is 4.58. The lowest BCUT2D eigenvalue weighted by atomic mass is 10.1. The zero-order valence-electron chi connectivity index (χ0n) is 16.3. The second-order valence-electron chi connectivity index (χ2n) is 6.68. The second kappa shape index (κ2) is 10.8. The lowest BCUT2D eigenvalue weighted by molar-refractivity contribution is 0.470. The van der Waals surface area contributed by atoms with Gasteiger partial charge in [-0.05, 0) is 43.9 Å². The van der Waals surface area contributed by atoms with Gasteiger partial charge >= 0.3 is 0 Å². The highest BCUT2D eigenvalue weighted by atomic mass is 127. The molecule has 0 unspecified atom stereocenters. The van der Waals surface area contributed by atoms with Crippen LogP contribution in [0.1, 0.15) is 35.5 Å². The van der Waals surface area contributed by atoms with Crippen molar-refractivity contribution in [3.63, 3.8) is 0 Å². The van der Waals surface area contributed by atoms with Gasteiger partial charge in [0.2, 0.25) is 0 Å². The summed E-state index contributed by atoms with van der Waals surface area (Å²) in [6, 6.07) is 4.26. The van der Waals surface area contributed by atoms with Crippen LogP contribution in [0.25, 0.3) is 0 Å². The van der Waals surface area contributed by atoms with Crippen molar-refractivity contribution in [3.8, 4) is 0 Å². The van der Waals surface area contributed by atoms with Gasteiger partial charge in [0.25, 0.3) is 0 Å². The van der Waals surface area contributed by atoms with Crippen molar-refractivity contribution in [2.24, 2.45) is 4.99 Å². The quantitative estimate of drug-likeness (QED) is 0.386. The molecule has 6 nitrogen and oxygen atoms in total. The summed E-state index contributed by atoms with van der Waals surface area (Å²) in [5.74, 6) is 1.96. The van der Waals surface area contributed by atoms with Crippen LogP contribution in [0.2, 0.25) is 0 Å². The molecule has 1 saturated heterocycles. The van der Waals surface area contributed by atoms with E-state index < -0.39 is 0 Å². The zero-order chi connectivity index (χ0) is 18.4. The summed E-state index contributed by atoms with van der Waals surface area (Å²) < 4.78 is 0. The van der Waals surface area contributed by atoms with E-state index in [0.29, 0.717) is 0 Å². The van der Waals surface area contributed by atoms with Crippen LogP contribution in [0.4, 0.5) is 5.82 Å². The number of halogens is 1. The maximum Gasteiger partial charge on any atom is 0.194 e. The zero-order valence-corrected chi connectivity index (χ0v) is 19.5. The molecule has 0 bridgehead atoms. The van der Waals surface area contributed by atoms with Crippen LogP contribution in [0.15, 0.2) is 28.7 Å². The molecule has 0 radical (unpaired) electrons. The van der Waals surface area contributed by atoms with Crippen LogP contribution in [-0.2, 0) is 13.1 Å². The number of nitrogens with one attached hydrogen (secondary N) is 1. The highest BCUT2D eigenvalue weighted by molar-refractivity contribution is 14.0. The van der Waals surface area contributed by atoms with Gasteiger partial charge in [0.15, 0.2) is 5.96 Å². The predicted octanol–water partition coefficient (Wildman–Crippen LogP) is 3.66. The number of pyridine rings is 1. The molecule has 0 aromatic carbocycles. The van der Waals surface area contributed by atoms with Gasteiger partial charge in [-0.2, -0.15) is 0 Å². The first-order valence-electron chi connectivity index (χ1n) is 9.18. The number of hydrogen-bond acceptors (Lipinski definition) is 5. The number of thiazole rings is 1. The highest BCUT2D eigenvalue weighted by Crippen LogP contribution is 2.18. The second-order valence-corrected chi connectivity index (χ2v) is 7.75. The fraction of sp³-hybridized carbons (Fsp3) is 0.526. The third-order valence-corrected chi connectivity index (χ3v) is 5.40. The summed E-state index contributed by atoms with van der Waals surface area (Å²) in [5.41, 5.74) is 2.30. The maximum absolute atomic E-state index is 4.55. The molecule has 27 heavy (non-hydrogen) atoms. The maximum atomic E-state index is 4.55. The first-order chi connectivity index (χ1) is 12.7. The average molecular weight is 500 g/mol. The minimum absolute atomic E-state index is 0. The molecule has 2 aromatic rings. The van der Waals surface area contributed by atoms with Crippen molar-refractivity contribution in [2.45, 2.75) is 39.3 Å². The lowest BCUT2D eigenvalue weighted by Crippen LogP contribution is -2.38. The van der Waals surface area contributed by atoms with E-state index in [1.54, 1.807) is 11.3 Å². The Balaban J connectivity index is 0.00000261. The topological polar surface area (TPSA) is 56.7 Å². The molecule has 0 aliphatic carbocycles. The van der Waals surface area contributed by atoms with E-state index in [1.807, 2.05) is 27.2 Å². The van der Waals surface area contributed by atoms with Gasteiger partial charge in [-0.3, -0.25) is 4.99 Å². The standard InChI is InChI=1S/C19H28N6S.HI/c1-15-23-17(14-26-15)13-24(3)19(20-2)22-12-16-7-8-21-18(11-16)25-9-5-4-6-10-25;/h7-8,11,14H,4-6,9-10,12-13H2,1-3H3,(H,20,22);1H. The van der Waals surface area contributed by atoms with Crippen molar-refractivity contribution in [2.75, 3.05) is 32.1 Å². The molecule has 2 aromatic heterocycles. The molecule has 0 spiro atoms. The van der Waals surface area contributed by atoms with E-state index >= 15 is 0 Å². The summed E-state index contributed by atoms with van der Waals surface area (Å²) in [6.07, 6.45) is 5.76. The largest absolute Gasteiger partial charge is 0.357 e. The molecule has 0 amide bonds. The van der Waals surface area contributed by atoms with Crippen LogP contribution < -0.4 is 10.2 Å². The summed E-state index contributed by atoms with van der Waals surface area (Å²) in [7, 11) is 3.85. The number of anilines is 1. The Labute approximate surface area is 183 Å². The molecule has 3 heterocycles. The molecule has 1 N–H and O–H groups in total. The Morgan fingerprint density at radius 2 is 2.11 bits per heavy atom. The summed E-state index contributed by atoms with van der Waals surface area (Å²) >= 11 is 1.68. The van der Waals surface area contributed by atoms with Crippen LogP contribution in [0.5, 0.6) is 0 Å². The van der Waals surface area contributed by atoms with Crippen LogP contribution >= 0.6 is 35.3 Å². The predicted molar refractivity (Wildman–Crippen MR) is 124 cm³/mol. The number of aromatic nitrogens is 2. The normalized spacial score (nSPS) is 14.6. The van der Waals surface area contributed by atoms with Crippen LogP contribution in [0.3, 0.4) is 0 Å². The Morgan fingerprint density at radius 3 is 2.78 bits per heavy atom. The number of guanidine groups is 1. The number of piperidine rings is 1. The molecule has 3 rings (SSSR count). The molecular weight excluding hydrogens is 471 g/mol. The molecule has 0 atom stereocenters. The van der Waals surface area contributed by atoms with E-state index in [0.717, 1.165) is 48.7 Å². The van der Waals surface area contributed by atoms with Gasteiger partial charge in [0.1, 0.15) is 5.82 Å². The molecule has 1 aliphatic rings. The van der Waals surface area contributed by atoms with Crippen molar-refractivity contribution in [1.29, 1.82) is 0 Å². The number of hydrogen-bond donors (Lipinski definition) is 1. The Kier molecular flexibility index (Phi) is 8.75. The number of rotatable bonds is 5. The molecular formula is C19H29IN6S. The smallest absolute Gasteiger partial charge is 0.194 e. The Bertz CT molecular complexity index is 741. The van der Waals surface area contributed by atoms with E-state index in [9.17, 15) is 0 Å². The minimum Gasteiger partial charge on any atom is -0.357 e. The van der Waals surface area contributed by atoms with E-state index in [-0.39, 0.29) is 24.0 Å². The van der Waals surface area contributed by atoms with Crippen molar-refractivity contribution < 1.29 is 0 Å². The van der Waals surface area contributed by atoms with Gasteiger partial charge in [-0.1, -0.05) is 0 Å². The molecule has 148 valence electrons. The Morgan fingerprint density at radius 1 is 1.33 bits per heavy atom. The van der Waals surface area contributed by atoms with Gasteiger partial charge in [-0.15, -0.1) is 35.3 Å². The monoisotopic (exact) mass is 500 g/mol. The summed E-state index contributed by atoms with van der Waals surface area (Å²) in [5, 5.41) is 6.65.